The minimum atomic E-state index is 0.313. The number of benzene rings is 5. The van der Waals surface area contributed by atoms with Crippen LogP contribution in [0.2, 0.25) is 0 Å². The van der Waals surface area contributed by atoms with E-state index in [1.54, 1.807) is 5.56 Å². The summed E-state index contributed by atoms with van der Waals surface area (Å²) >= 11 is 0. The Morgan fingerprint density at radius 2 is 0.616 bits per heavy atom. The molecular formula is C94H126N5+5. The lowest BCUT2D eigenvalue weighted by Crippen LogP contribution is -2.32. The van der Waals surface area contributed by atoms with Crippen LogP contribution in [0.4, 0.5) is 0 Å². The summed E-state index contributed by atoms with van der Waals surface area (Å²) in [4.78, 5) is 0. The largest absolute Gasteiger partial charge is 0.212 e. The first-order chi connectivity index (χ1) is 46.7. The van der Waals surface area contributed by atoms with E-state index in [0.29, 0.717) is 22.7 Å². The molecule has 0 spiro atoms. The van der Waals surface area contributed by atoms with Crippen LogP contribution in [0.25, 0.3) is 56.3 Å². The molecule has 5 aromatic heterocycles. The second kappa shape index (κ2) is 35.3. The molecule has 1 aliphatic rings. The second-order valence-electron chi connectivity index (χ2n) is 32.2. The van der Waals surface area contributed by atoms with Gasteiger partial charge in [0.2, 0.25) is 28.5 Å². The molecule has 1 saturated carbocycles. The van der Waals surface area contributed by atoms with Crippen LogP contribution in [-0.4, -0.2) is 0 Å². The van der Waals surface area contributed by atoms with Crippen molar-refractivity contribution in [2.45, 2.75) is 202 Å². The molecule has 0 radical (unpaired) electrons. The minimum absolute atomic E-state index is 0.313. The molecule has 0 amide bonds. The summed E-state index contributed by atoms with van der Waals surface area (Å²) in [7, 11) is 10.8. The zero-order valence-corrected chi connectivity index (χ0v) is 66.2. The molecular weight excluding hydrogens is 1200 g/mol. The highest BCUT2D eigenvalue weighted by molar-refractivity contribution is 5.65. The molecule has 11 rings (SSSR count). The molecule has 0 atom stereocenters. The molecule has 0 aliphatic heterocycles. The predicted octanol–water partition coefficient (Wildman–Crippen LogP) is 21.5. The van der Waals surface area contributed by atoms with Gasteiger partial charge in [0, 0.05) is 86.0 Å². The molecule has 5 nitrogen and oxygen atoms in total. The normalized spacial score (nSPS) is 12.3. The third-order valence-corrected chi connectivity index (χ3v) is 19.7. The Bertz CT molecular complexity index is 4330. The molecule has 5 aromatic carbocycles. The van der Waals surface area contributed by atoms with Crippen molar-refractivity contribution in [3.05, 3.63) is 266 Å². The fourth-order valence-corrected chi connectivity index (χ4v) is 14.4. The molecule has 10 aromatic rings. The summed E-state index contributed by atoms with van der Waals surface area (Å²) in [6.45, 7) is 45.0. The molecule has 99 heavy (non-hydrogen) atoms. The highest BCUT2D eigenvalue weighted by Crippen LogP contribution is 2.37. The van der Waals surface area contributed by atoms with E-state index in [4.69, 9.17) is 0 Å². The first-order valence-corrected chi connectivity index (χ1v) is 37.0. The van der Waals surface area contributed by atoms with E-state index in [9.17, 15) is 0 Å². The van der Waals surface area contributed by atoms with Crippen molar-refractivity contribution in [1.82, 2.24) is 0 Å². The van der Waals surface area contributed by atoms with Crippen LogP contribution < -0.4 is 22.8 Å². The van der Waals surface area contributed by atoms with Crippen LogP contribution in [0.3, 0.4) is 0 Å². The lowest BCUT2D eigenvalue weighted by molar-refractivity contribution is -0.661. The van der Waals surface area contributed by atoms with Gasteiger partial charge in [-0.05, 0) is 222 Å². The summed E-state index contributed by atoms with van der Waals surface area (Å²) in [5.74, 6) is 2.17. The van der Waals surface area contributed by atoms with Gasteiger partial charge in [-0.2, -0.15) is 0 Å². The standard InChI is InChI=1S/C19H24N.3C19H26N.C18H24N/c1-14-8-4-7-11-17(14)19-12-15(2)18(13-20(19)3)16-9-5-6-10-16;1-14-9-7-8-10-17(14)18-11-16(12-19(3,4)5)15(2)13-20(18)6;1-14-9-7-8-10-17(14)18-11-15(2)16(13-20(18)6)12-19(3,4)5;1-6-16-12-19(18-10-8-7-9-15(18)4)20(5)13-17(16)11-14(2)3;1-13(2)10-16-11-18(19(5)12-15(16)4)17-9-7-6-8-14(17)3/h4,7-8,11-13,16H,5-6,9-10H2,1-3H3;2*7-11,13H,12H2,1-6H3;7-10,12-14H,6,11H2,1-5H3;6-9,11-13H,10H2,1-5H3/q5*+1. The number of pyridine rings is 5. The molecule has 0 bridgehead atoms. The van der Waals surface area contributed by atoms with Crippen molar-refractivity contribution in [3.8, 4) is 56.3 Å². The summed E-state index contributed by atoms with van der Waals surface area (Å²) in [6.07, 6.45) is 22.6. The van der Waals surface area contributed by atoms with Gasteiger partial charge >= 0.3 is 0 Å². The Morgan fingerprint density at radius 3 is 0.980 bits per heavy atom. The Kier molecular flexibility index (Phi) is 27.8. The van der Waals surface area contributed by atoms with E-state index in [2.05, 4.69) is 379 Å². The first-order valence-electron chi connectivity index (χ1n) is 37.0. The molecule has 1 aliphatic carbocycles. The number of aromatic nitrogens is 5. The highest BCUT2D eigenvalue weighted by atomic mass is 14.9. The van der Waals surface area contributed by atoms with Crippen molar-refractivity contribution < 1.29 is 22.8 Å². The van der Waals surface area contributed by atoms with Gasteiger partial charge in [0.15, 0.2) is 31.0 Å². The molecule has 522 valence electrons. The van der Waals surface area contributed by atoms with Gasteiger partial charge in [-0.1, -0.05) is 180 Å². The van der Waals surface area contributed by atoms with E-state index in [-0.39, 0.29) is 0 Å². The van der Waals surface area contributed by atoms with E-state index in [0.717, 1.165) is 38.0 Å². The predicted molar refractivity (Wildman–Crippen MR) is 422 cm³/mol. The SMILES string of the molecule is CCc1cc(-c2ccccc2C)[n+](C)cc1CC(C)C.Cc1c[n+](C)c(-c2ccccc2C)cc1CC(C)(C)C.Cc1c[n+](C)c(-c2ccccc2C)cc1CC(C)C.Cc1cc(-c2ccccc2C)[n+](C)cc1CC(C)(C)C.Cc1ccccc1-c1cc(C)c(C2CCCC2)c[n+]1C. The van der Waals surface area contributed by atoms with Gasteiger partial charge in [-0.15, -0.1) is 0 Å². The van der Waals surface area contributed by atoms with Crippen LogP contribution in [-0.2, 0) is 67.3 Å². The Morgan fingerprint density at radius 1 is 0.323 bits per heavy atom. The number of hydrogen-bond acceptors (Lipinski definition) is 0. The quantitative estimate of drug-likeness (QED) is 0.103. The van der Waals surface area contributed by atoms with Crippen LogP contribution in [0.5, 0.6) is 0 Å². The lowest BCUT2D eigenvalue weighted by Gasteiger charge is -2.19. The zero-order valence-electron chi connectivity index (χ0n) is 66.2. The van der Waals surface area contributed by atoms with Crippen molar-refractivity contribution in [3.63, 3.8) is 0 Å². The number of rotatable bonds is 13. The molecule has 0 N–H and O–H groups in total. The molecule has 5 heteroatoms. The van der Waals surface area contributed by atoms with Gasteiger partial charge in [0.1, 0.15) is 35.2 Å². The maximum Gasteiger partial charge on any atom is 0.212 e. The van der Waals surface area contributed by atoms with Crippen LogP contribution in [0, 0.1) is 85.0 Å². The molecule has 5 heterocycles. The average Bonchev–Trinajstić information content (AvgIpc) is 1.46. The number of nitrogens with zero attached hydrogens (tertiary/aromatic N) is 5. The van der Waals surface area contributed by atoms with Crippen molar-refractivity contribution in [2.75, 3.05) is 0 Å². The third-order valence-electron chi connectivity index (χ3n) is 19.7. The van der Waals surface area contributed by atoms with Crippen LogP contribution in [0.15, 0.2) is 183 Å². The Balaban J connectivity index is 0.000000174. The Hall–Kier alpha value is -8.15. The smallest absolute Gasteiger partial charge is 0.201 e. The average molecular weight is 1330 g/mol. The summed E-state index contributed by atoms with van der Waals surface area (Å²) < 4.78 is 11.3. The number of aryl methyl sites for hydroxylation is 15. The van der Waals surface area contributed by atoms with Gasteiger partial charge in [0.25, 0.3) is 0 Å². The van der Waals surface area contributed by atoms with E-state index >= 15 is 0 Å². The van der Waals surface area contributed by atoms with E-state index in [1.165, 1.54) is 160 Å². The first kappa shape index (κ1) is 78.2. The third kappa shape index (κ3) is 21.9. The fraction of sp³-hybridized carbons (Fsp3) is 0.415. The maximum atomic E-state index is 2.38. The monoisotopic (exact) mass is 1320 g/mol. The Labute approximate surface area is 601 Å². The molecule has 0 unspecified atom stereocenters. The van der Waals surface area contributed by atoms with Crippen LogP contribution >= 0.6 is 0 Å². The summed E-state index contributed by atoms with van der Waals surface area (Å²) in [6, 6.07) is 54.9. The van der Waals surface area contributed by atoms with Crippen molar-refractivity contribution >= 4 is 0 Å². The van der Waals surface area contributed by atoms with Crippen molar-refractivity contribution in [2.24, 2.45) is 57.9 Å². The minimum Gasteiger partial charge on any atom is -0.201 e. The fourth-order valence-electron chi connectivity index (χ4n) is 14.4. The molecule has 0 saturated heterocycles. The summed E-state index contributed by atoms with van der Waals surface area (Å²) in [5, 5.41) is 0. The summed E-state index contributed by atoms with van der Waals surface area (Å²) in [5.41, 5.74) is 35.0. The van der Waals surface area contributed by atoms with Gasteiger partial charge in [-0.25, -0.2) is 22.8 Å². The van der Waals surface area contributed by atoms with Gasteiger partial charge in [0.05, 0.1) is 0 Å². The van der Waals surface area contributed by atoms with E-state index in [1.807, 2.05) is 0 Å². The van der Waals surface area contributed by atoms with Crippen LogP contribution in [0.1, 0.15) is 191 Å². The lowest BCUT2D eigenvalue weighted by atomic mass is 9.86. The zero-order chi connectivity index (χ0) is 72.6. The topological polar surface area (TPSA) is 19.4 Å². The maximum absolute atomic E-state index is 2.38. The second-order valence-corrected chi connectivity index (χ2v) is 32.2. The highest BCUT2D eigenvalue weighted by Gasteiger charge is 2.26. The number of hydrogen-bond donors (Lipinski definition) is 0. The van der Waals surface area contributed by atoms with Crippen molar-refractivity contribution in [1.29, 1.82) is 0 Å². The van der Waals surface area contributed by atoms with Gasteiger partial charge < -0.3 is 0 Å². The molecule has 1 fully saturated rings. The van der Waals surface area contributed by atoms with Gasteiger partial charge in [-0.3, -0.25) is 0 Å². The van der Waals surface area contributed by atoms with E-state index < -0.39 is 0 Å².